The van der Waals surface area contributed by atoms with Crippen LogP contribution in [0.4, 0.5) is 5.69 Å². The van der Waals surface area contributed by atoms with E-state index in [-0.39, 0.29) is 23.4 Å². The lowest BCUT2D eigenvalue weighted by molar-refractivity contribution is -0.120. The highest BCUT2D eigenvalue weighted by molar-refractivity contribution is 7.90. The number of amides is 1. The van der Waals surface area contributed by atoms with Gasteiger partial charge in [0.1, 0.15) is 5.75 Å². The molecule has 28 heavy (non-hydrogen) atoms. The summed E-state index contributed by atoms with van der Waals surface area (Å²) < 4.78 is 28.7. The van der Waals surface area contributed by atoms with Crippen molar-refractivity contribution in [1.82, 2.24) is 5.32 Å². The summed E-state index contributed by atoms with van der Waals surface area (Å²) >= 11 is 0. The predicted molar refractivity (Wildman–Crippen MR) is 109 cm³/mol. The highest BCUT2D eigenvalue weighted by Gasteiger charge is 2.33. The molecule has 0 aromatic heterocycles. The summed E-state index contributed by atoms with van der Waals surface area (Å²) in [6.45, 7) is 1.95. The second-order valence-electron chi connectivity index (χ2n) is 7.26. The Morgan fingerprint density at radius 2 is 1.86 bits per heavy atom. The van der Waals surface area contributed by atoms with Gasteiger partial charge in [0.2, 0.25) is 5.91 Å². The van der Waals surface area contributed by atoms with Crippen LogP contribution in [0.15, 0.2) is 47.4 Å². The van der Waals surface area contributed by atoms with Gasteiger partial charge >= 0.3 is 0 Å². The van der Waals surface area contributed by atoms with Crippen molar-refractivity contribution in [2.45, 2.75) is 30.7 Å². The topological polar surface area (TPSA) is 84.5 Å². The van der Waals surface area contributed by atoms with E-state index in [0.717, 1.165) is 29.7 Å². The van der Waals surface area contributed by atoms with E-state index in [1.54, 1.807) is 25.3 Å². The van der Waals surface area contributed by atoms with Crippen molar-refractivity contribution in [2.75, 3.05) is 25.2 Å². The van der Waals surface area contributed by atoms with Crippen molar-refractivity contribution in [2.24, 2.45) is 5.92 Å². The number of hydrogen-bond donors (Lipinski definition) is 2. The van der Waals surface area contributed by atoms with Gasteiger partial charge < -0.3 is 15.4 Å². The summed E-state index contributed by atoms with van der Waals surface area (Å²) in [5.41, 5.74) is 2.59. The molecule has 6 nitrogen and oxygen atoms in total. The average Bonchev–Trinajstić information content (AvgIpc) is 3.49. The lowest BCUT2D eigenvalue weighted by Crippen LogP contribution is -2.34. The van der Waals surface area contributed by atoms with Crippen LogP contribution >= 0.6 is 0 Å². The number of nitrogens with one attached hydrogen (secondary N) is 2. The number of benzene rings is 2. The van der Waals surface area contributed by atoms with Crippen molar-refractivity contribution in [3.05, 3.63) is 53.6 Å². The first-order valence-corrected chi connectivity index (χ1v) is 11.1. The first-order valence-electron chi connectivity index (χ1n) is 9.26. The fraction of sp³-hybridized carbons (Fsp3) is 0.381. The summed E-state index contributed by atoms with van der Waals surface area (Å²) in [7, 11) is -1.67. The second-order valence-corrected chi connectivity index (χ2v) is 9.27. The molecule has 7 heteroatoms. The van der Waals surface area contributed by atoms with Crippen LogP contribution in [-0.2, 0) is 14.6 Å². The Balaban J connectivity index is 1.65. The fourth-order valence-electron chi connectivity index (χ4n) is 3.14. The molecule has 1 aliphatic carbocycles. The molecule has 0 radical (unpaired) electrons. The highest BCUT2D eigenvalue weighted by atomic mass is 32.2. The van der Waals surface area contributed by atoms with E-state index < -0.39 is 9.84 Å². The first kappa shape index (κ1) is 20.2. The SMILES string of the molecule is COc1ccc(C(NC(=O)CNc2cc(S(C)(=O)=O)ccc2C)C2CC2)cc1. The fourth-order valence-corrected chi connectivity index (χ4v) is 3.78. The first-order chi connectivity index (χ1) is 13.3. The molecule has 0 aliphatic heterocycles. The van der Waals surface area contributed by atoms with Crippen LogP contribution < -0.4 is 15.4 Å². The molecule has 1 amide bonds. The van der Waals surface area contributed by atoms with Gasteiger partial charge in [0.15, 0.2) is 9.84 Å². The Morgan fingerprint density at radius 1 is 1.18 bits per heavy atom. The molecule has 150 valence electrons. The maximum atomic E-state index is 12.5. The molecule has 3 rings (SSSR count). The Kier molecular flexibility index (Phi) is 5.93. The van der Waals surface area contributed by atoms with Gasteiger partial charge in [-0.05, 0) is 61.1 Å². The molecule has 1 unspecified atom stereocenters. The summed E-state index contributed by atoms with van der Waals surface area (Å²) in [6.07, 6.45) is 3.36. The van der Waals surface area contributed by atoms with Crippen LogP contribution in [0.3, 0.4) is 0 Å². The van der Waals surface area contributed by atoms with E-state index in [1.807, 2.05) is 31.2 Å². The van der Waals surface area contributed by atoms with Gasteiger partial charge in [-0.1, -0.05) is 18.2 Å². The number of sulfone groups is 1. The zero-order valence-corrected chi connectivity index (χ0v) is 17.2. The van der Waals surface area contributed by atoms with Crippen molar-refractivity contribution in [1.29, 1.82) is 0 Å². The number of carbonyl (C=O) groups is 1. The van der Waals surface area contributed by atoms with E-state index in [0.29, 0.717) is 11.6 Å². The smallest absolute Gasteiger partial charge is 0.239 e. The Morgan fingerprint density at radius 3 is 2.43 bits per heavy atom. The van der Waals surface area contributed by atoms with E-state index in [9.17, 15) is 13.2 Å². The zero-order valence-electron chi connectivity index (χ0n) is 16.4. The zero-order chi connectivity index (χ0) is 20.3. The lowest BCUT2D eigenvalue weighted by atomic mass is 10.0. The minimum absolute atomic E-state index is 0.0244. The number of rotatable bonds is 8. The number of carbonyl (C=O) groups excluding carboxylic acids is 1. The van der Waals surface area contributed by atoms with E-state index in [2.05, 4.69) is 10.6 Å². The van der Waals surface area contributed by atoms with Gasteiger partial charge in [-0.25, -0.2) is 8.42 Å². The van der Waals surface area contributed by atoms with E-state index >= 15 is 0 Å². The third-order valence-electron chi connectivity index (χ3n) is 4.96. The molecule has 0 bridgehead atoms. The molecule has 2 N–H and O–H groups in total. The normalized spacial score (nSPS) is 15.0. The summed E-state index contributed by atoms with van der Waals surface area (Å²) in [5, 5.41) is 6.17. The number of anilines is 1. The molecule has 2 aromatic rings. The maximum Gasteiger partial charge on any atom is 0.239 e. The summed E-state index contributed by atoms with van der Waals surface area (Å²) in [5.74, 6) is 1.11. The average molecular weight is 403 g/mol. The van der Waals surface area contributed by atoms with Gasteiger partial charge in [-0.15, -0.1) is 0 Å². The highest BCUT2D eigenvalue weighted by Crippen LogP contribution is 2.41. The molecular formula is C21H26N2O4S. The van der Waals surface area contributed by atoms with Crippen molar-refractivity contribution >= 4 is 21.4 Å². The molecule has 1 saturated carbocycles. The van der Waals surface area contributed by atoms with Crippen LogP contribution in [0.2, 0.25) is 0 Å². The third-order valence-corrected chi connectivity index (χ3v) is 6.07. The van der Waals surface area contributed by atoms with Crippen LogP contribution in [0.1, 0.15) is 30.0 Å². The summed E-state index contributed by atoms with van der Waals surface area (Å²) in [6, 6.07) is 12.6. The predicted octanol–water partition coefficient (Wildman–Crippen LogP) is 3.09. The standard InChI is InChI=1S/C21H26N2O4S/c1-14-4-11-18(28(3,25)26)12-19(14)22-13-20(24)23-21(15-5-6-15)16-7-9-17(27-2)10-8-16/h4,7-12,15,21-22H,5-6,13H2,1-3H3,(H,23,24). The molecule has 2 aromatic carbocycles. The largest absolute Gasteiger partial charge is 0.497 e. The molecule has 0 spiro atoms. The molecule has 0 heterocycles. The summed E-state index contributed by atoms with van der Waals surface area (Å²) in [4.78, 5) is 12.8. The molecule has 1 atom stereocenters. The van der Waals surface area contributed by atoms with Crippen molar-refractivity contribution < 1.29 is 17.9 Å². The maximum absolute atomic E-state index is 12.5. The molecule has 1 fully saturated rings. The van der Waals surface area contributed by atoms with Crippen molar-refractivity contribution in [3.8, 4) is 5.75 Å². The van der Waals surface area contributed by atoms with E-state index in [4.69, 9.17) is 4.74 Å². The molecule has 1 aliphatic rings. The van der Waals surface area contributed by atoms with Crippen molar-refractivity contribution in [3.63, 3.8) is 0 Å². The molecule has 0 saturated heterocycles. The van der Waals surface area contributed by atoms with Gasteiger partial charge in [0.25, 0.3) is 0 Å². The van der Waals surface area contributed by atoms with Crippen LogP contribution in [0.5, 0.6) is 5.75 Å². The third kappa shape index (κ3) is 5.04. The quantitative estimate of drug-likeness (QED) is 0.709. The lowest BCUT2D eigenvalue weighted by Gasteiger charge is -2.20. The van der Waals surface area contributed by atoms with E-state index in [1.165, 1.54) is 6.26 Å². The number of ether oxygens (including phenoxy) is 1. The monoisotopic (exact) mass is 402 g/mol. The Hall–Kier alpha value is -2.54. The number of methoxy groups -OCH3 is 1. The molecular weight excluding hydrogens is 376 g/mol. The van der Waals surface area contributed by atoms with Crippen LogP contribution in [-0.4, -0.2) is 34.2 Å². The second kappa shape index (κ2) is 8.22. The van der Waals surface area contributed by atoms with Gasteiger partial charge in [-0.2, -0.15) is 0 Å². The van der Waals surface area contributed by atoms with Gasteiger partial charge in [-0.3, -0.25) is 4.79 Å². The number of hydrogen-bond acceptors (Lipinski definition) is 5. The Labute approximate surface area is 166 Å². The number of aryl methyl sites for hydroxylation is 1. The van der Waals surface area contributed by atoms with Crippen LogP contribution in [0.25, 0.3) is 0 Å². The Bertz CT molecular complexity index is 951. The minimum atomic E-state index is -3.30. The van der Waals surface area contributed by atoms with Gasteiger partial charge in [0, 0.05) is 11.9 Å². The van der Waals surface area contributed by atoms with Crippen LogP contribution in [0, 0.1) is 12.8 Å². The van der Waals surface area contributed by atoms with Gasteiger partial charge in [0.05, 0.1) is 24.6 Å². The minimum Gasteiger partial charge on any atom is -0.497 e.